The highest BCUT2D eigenvalue weighted by molar-refractivity contribution is 7.91. The Morgan fingerprint density at radius 2 is 0.976 bits per heavy atom. The third-order valence-corrected chi connectivity index (χ3v) is 12.6. The van der Waals surface area contributed by atoms with Crippen LogP contribution in [0, 0.1) is 16.7 Å². The summed E-state index contributed by atoms with van der Waals surface area (Å²) in [6.07, 6.45) is -0.249. The van der Waals surface area contributed by atoms with Gasteiger partial charge in [-0.1, -0.05) is 0 Å². The molecule has 0 amide bonds. The van der Waals surface area contributed by atoms with Crippen molar-refractivity contribution in [2.24, 2.45) is 16.7 Å². The lowest BCUT2D eigenvalue weighted by Crippen LogP contribution is -2.56. The van der Waals surface area contributed by atoms with Gasteiger partial charge >= 0.3 is 29.8 Å². The Hall–Kier alpha value is -2.80. The van der Waals surface area contributed by atoms with Crippen LogP contribution in [-0.2, 0) is 63.0 Å². The second-order valence-electron chi connectivity index (χ2n) is 11.0. The predicted octanol–water partition coefficient (Wildman–Crippen LogP) is -0.736. The number of ether oxygens (including phenoxy) is 2. The maximum absolute atomic E-state index is 11.9. The molecule has 0 radical (unpaired) electrons. The molecule has 0 unspecified atom stereocenters. The molecule has 1 spiro atoms. The molecule has 0 aliphatic carbocycles. The Morgan fingerprint density at radius 3 is 1.31 bits per heavy atom. The maximum Gasteiger partial charge on any atom is 0.326 e. The number of cyclic esters (lactones) is 2. The summed E-state index contributed by atoms with van der Waals surface area (Å²) in [7, 11) is -9.31. The smallest absolute Gasteiger partial charge is 0.326 e. The summed E-state index contributed by atoms with van der Waals surface area (Å²) in [5.74, 6) is -7.89. The van der Waals surface area contributed by atoms with Crippen molar-refractivity contribution in [2.45, 2.75) is 58.2 Å². The van der Waals surface area contributed by atoms with E-state index in [9.17, 15) is 49.2 Å². The topological polar surface area (TPSA) is 267 Å². The third-order valence-electron chi connectivity index (χ3n) is 7.54. The van der Waals surface area contributed by atoms with Crippen molar-refractivity contribution in [3.63, 3.8) is 0 Å². The Kier molecular flexibility index (Phi) is 10.5. The molecule has 4 saturated heterocycles. The van der Waals surface area contributed by atoms with Crippen LogP contribution in [0.2, 0.25) is 0 Å². The lowest BCUT2D eigenvalue weighted by molar-refractivity contribution is -0.251. The molecule has 0 aromatic heterocycles. The Labute approximate surface area is 242 Å². The largest absolute Gasteiger partial charge is 0.481 e. The molecule has 19 heteroatoms. The van der Waals surface area contributed by atoms with Crippen molar-refractivity contribution in [1.29, 1.82) is 0 Å². The minimum Gasteiger partial charge on any atom is -0.481 e. The van der Waals surface area contributed by atoms with E-state index in [-0.39, 0.29) is 73.0 Å². The van der Waals surface area contributed by atoms with Crippen molar-refractivity contribution in [3.8, 4) is 0 Å². The van der Waals surface area contributed by atoms with Crippen LogP contribution in [0.1, 0.15) is 52.4 Å². The summed E-state index contributed by atoms with van der Waals surface area (Å²) in [6, 6.07) is 0. The molecule has 4 rings (SSSR count). The van der Waals surface area contributed by atoms with Gasteiger partial charge in [0.15, 0.2) is 10.8 Å². The van der Waals surface area contributed by atoms with Crippen molar-refractivity contribution in [3.05, 3.63) is 0 Å². The zero-order valence-electron chi connectivity index (χ0n) is 22.9. The van der Waals surface area contributed by atoms with Crippen LogP contribution >= 0.6 is 0 Å². The molecule has 4 heterocycles. The predicted molar refractivity (Wildman–Crippen MR) is 141 cm³/mol. The first-order chi connectivity index (χ1) is 19.0. The van der Waals surface area contributed by atoms with E-state index >= 15 is 0 Å². The van der Waals surface area contributed by atoms with Gasteiger partial charge in [0.25, 0.3) is 5.79 Å². The summed E-state index contributed by atoms with van der Waals surface area (Å²) in [5, 5.41) is 26.0. The van der Waals surface area contributed by atoms with E-state index < -0.39 is 81.9 Å². The SMILES string of the molecule is CC1(C)OC(=O)C2(CCS(=O)(=O)CC2)C(=O)O1.O=C(O)C1(C(=O)O)CCS(=O)(=O)CC1.O=C(O)C1CCS(=O)(=O)CC1. The zero-order valence-corrected chi connectivity index (χ0v) is 25.4. The zero-order chi connectivity index (χ0) is 32.4. The number of hydrogen-bond acceptors (Lipinski definition) is 13. The molecule has 0 aromatic carbocycles. The Balaban J connectivity index is 0.000000226. The lowest BCUT2D eigenvalue weighted by Gasteiger charge is -2.41. The molecule has 0 aromatic rings. The second-order valence-corrected chi connectivity index (χ2v) is 17.9. The number of carboxylic acids is 3. The minimum absolute atomic E-state index is 0.0317. The number of esters is 2. The van der Waals surface area contributed by atoms with E-state index in [4.69, 9.17) is 24.8 Å². The normalized spacial score (nSPS) is 26.4. The number of aliphatic carboxylic acids is 3. The van der Waals surface area contributed by atoms with E-state index in [2.05, 4.69) is 0 Å². The minimum atomic E-state index is -3.25. The van der Waals surface area contributed by atoms with E-state index in [1.165, 1.54) is 13.8 Å². The standard InChI is InChI=1S/C10H14O6S.C7H10O6S.C6H10O4S/c1-9(2)15-7(11)10(8(12)16-9)3-5-17(13,14)6-4-10;8-5(9)7(6(10)11)1-3-14(12,13)4-2-7;7-6(8)5-1-3-11(9,10)4-2-5/h3-6H2,1-2H3;1-4H2,(H,8,9)(H,10,11);5H,1-4H2,(H,7,8). The monoisotopic (exact) mass is 662 g/mol. The number of carbonyl (C=O) groups excluding carboxylic acids is 2. The van der Waals surface area contributed by atoms with Gasteiger partial charge in [-0.25, -0.2) is 25.3 Å². The van der Waals surface area contributed by atoms with Gasteiger partial charge in [0.1, 0.15) is 29.5 Å². The van der Waals surface area contributed by atoms with Crippen molar-refractivity contribution < 1.29 is 74.0 Å². The molecule has 16 nitrogen and oxygen atoms in total. The third kappa shape index (κ3) is 8.62. The summed E-state index contributed by atoms with van der Waals surface area (Å²) >= 11 is 0. The highest BCUT2D eigenvalue weighted by atomic mass is 32.2. The quantitative estimate of drug-likeness (QED) is 0.248. The fraction of sp³-hybridized carbons (Fsp3) is 0.783. The van der Waals surface area contributed by atoms with Crippen LogP contribution in [0.3, 0.4) is 0 Å². The first-order valence-electron chi connectivity index (χ1n) is 12.8. The Morgan fingerprint density at radius 1 is 0.643 bits per heavy atom. The number of sulfone groups is 3. The summed E-state index contributed by atoms with van der Waals surface area (Å²) in [6.45, 7) is 2.93. The van der Waals surface area contributed by atoms with E-state index in [1.54, 1.807) is 0 Å². The van der Waals surface area contributed by atoms with Crippen molar-refractivity contribution in [2.75, 3.05) is 34.5 Å². The molecule has 0 bridgehead atoms. The van der Waals surface area contributed by atoms with Gasteiger partial charge in [0.2, 0.25) is 0 Å². The van der Waals surface area contributed by atoms with Gasteiger partial charge in [0, 0.05) is 13.8 Å². The van der Waals surface area contributed by atoms with E-state index in [0.29, 0.717) is 0 Å². The highest BCUT2D eigenvalue weighted by Gasteiger charge is 2.58. The second kappa shape index (κ2) is 12.4. The molecule has 0 saturated carbocycles. The number of hydrogen-bond donors (Lipinski definition) is 3. The first-order valence-corrected chi connectivity index (χ1v) is 18.2. The van der Waals surface area contributed by atoms with E-state index in [1.807, 2.05) is 0 Å². The van der Waals surface area contributed by atoms with Gasteiger partial charge in [-0.15, -0.1) is 0 Å². The van der Waals surface area contributed by atoms with Crippen LogP contribution in [0.25, 0.3) is 0 Å². The highest BCUT2D eigenvalue weighted by Crippen LogP contribution is 2.41. The van der Waals surface area contributed by atoms with Gasteiger partial charge < -0.3 is 24.8 Å². The fourth-order valence-electron chi connectivity index (χ4n) is 4.58. The first kappa shape index (κ1) is 35.4. The van der Waals surface area contributed by atoms with Crippen LogP contribution in [0.5, 0.6) is 0 Å². The molecule has 4 aliphatic rings. The van der Waals surface area contributed by atoms with Crippen LogP contribution in [0.4, 0.5) is 0 Å². The van der Waals surface area contributed by atoms with Crippen LogP contribution in [-0.4, -0.2) is 111 Å². The maximum atomic E-state index is 11.9. The number of carbonyl (C=O) groups is 5. The molecule has 42 heavy (non-hydrogen) atoms. The molecule has 240 valence electrons. The molecular weight excluding hydrogens is 628 g/mol. The summed E-state index contributed by atoms with van der Waals surface area (Å²) in [5.41, 5.74) is -3.33. The number of carboxylic acid groups (broad SMARTS) is 3. The van der Waals surface area contributed by atoms with Crippen molar-refractivity contribution in [1.82, 2.24) is 0 Å². The van der Waals surface area contributed by atoms with Gasteiger partial charge in [-0.3, -0.25) is 24.0 Å². The van der Waals surface area contributed by atoms with Crippen LogP contribution < -0.4 is 0 Å². The molecular formula is C23H34O16S3. The van der Waals surface area contributed by atoms with Gasteiger partial charge in [-0.05, 0) is 38.5 Å². The summed E-state index contributed by atoms with van der Waals surface area (Å²) < 4.78 is 76.3. The Bertz CT molecular complexity index is 1360. The molecule has 4 aliphatic heterocycles. The average molecular weight is 663 g/mol. The fourth-order valence-corrected chi connectivity index (χ4v) is 9.12. The molecule has 3 N–H and O–H groups in total. The molecule has 4 fully saturated rings. The van der Waals surface area contributed by atoms with Gasteiger partial charge in [-0.2, -0.15) is 0 Å². The van der Waals surface area contributed by atoms with Crippen LogP contribution in [0.15, 0.2) is 0 Å². The van der Waals surface area contributed by atoms with E-state index in [0.717, 1.165) is 0 Å². The average Bonchev–Trinajstić information content (AvgIpc) is 2.83. The lowest BCUT2D eigenvalue weighted by atomic mass is 9.81. The van der Waals surface area contributed by atoms with Gasteiger partial charge in [0.05, 0.1) is 40.4 Å². The molecule has 0 atom stereocenters. The summed E-state index contributed by atoms with van der Waals surface area (Å²) in [4.78, 5) is 55.7. The number of rotatable bonds is 3. The van der Waals surface area contributed by atoms with Crippen molar-refractivity contribution >= 4 is 59.4 Å².